The molecule has 28 rings (SSSR count). The molecular formula is C140H160N8. The molecule has 8 nitrogen and oxygen atoms in total. The highest BCUT2D eigenvalue weighted by Gasteiger charge is 2.48. The zero-order valence-electron chi connectivity index (χ0n) is 94.9. The van der Waals surface area contributed by atoms with Crippen LogP contribution in [0.1, 0.15) is 189 Å². The molecule has 0 radical (unpaired) electrons. The van der Waals surface area contributed by atoms with Crippen LogP contribution in [-0.4, -0.2) is 208 Å². The predicted molar refractivity (Wildman–Crippen MR) is 639 cm³/mol. The highest BCUT2D eigenvalue weighted by molar-refractivity contribution is 6.07. The second-order valence-corrected chi connectivity index (χ2v) is 48.1. The molecule has 0 saturated carbocycles. The summed E-state index contributed by atoms with van der Waals surface area (Å²) in [7, 11) is 48.0. The van der Waals surface area contributed by atoms with Gasteiger partial charge in [0.25, 0.3) is 0 Å². The number of hydrogen-bond donors (Lipinski definition) is 0. The van der Waals surface area contributed by atoms with Crippen LogP contribution in [0.4, 0.5) is 0 Å². The molecule has 0 atom stereocenters. The fourth-order valence-electron chi connectivity index (χ4n) is 24.7. The van der Waals surface area contributed by atoms with Crippen LogP contribution in [0.5, 0.6) is 0 Å². The zero-order chi connectivity index (χ0) is 106. The van der Waals surface area contributed by atoms with Gasteiger partial charge < -0.3 is 39.2 Å². The number of nitrogens with zero attached hydrogens (tertiary/aromatic N) is 8. The molecule has 16 aromatic rings. The Labute approximate surface area is 888 Å². The number of benzene rings is 16. The fraction of sp³-hybridized carbons (Fsp3) is 0.314. The highest BCUT2D eigenvalue weighted by atomic mass is 15.0. The summed E-state index contributed by atoms with van der Waals surface area (Å²) >= 11 is 0. The highest BCUT2D eigenvalue weighted by Crippen LogP contribution is 2.65. The Morgan fingerprint density at radius 2 is 0.250 bits per heavy atom. The van der Waals surface area contributed by atoms with Crippen LogP contribution in [-0.2, 0) is 73.0 Å². The fourth-order valence-corrected chi connectivity index (χ4v) is 24.7. The molecule has 0 heterocycles. The number of hydrogen-bond acceptors (Lipinski definition) is 8. The number of rotatable bonds is 0. The lowest BCUT2D eigenvalue weighted by Gasteiger charge is -2.22. The summed E-state index contributed by atoms with van der Waals surface area (Å²) in [6, 6.07) is 110. The molecule has 0 saturated heterocycles. The lowest BCUT2D eigenvalue weighted by atomic mass is 9.81. The molecular weight excluding hydrogens is 1790 g/mol. The monoisotopic (exact) mass is 1950 g/mol. The molecule has 0 spiro atoms. The third-order valence-corrected chi connectivity index (χ3v) is 30.2. The van der Waals surface area contributed by atoms with Crippen molar-refractivity contribution in [2.45, 2.75) is 128 Å². The summed E-state index contributed by atoms with van der Waals surface area (Å²) in [5, 5.41) is 0. The van der Waals surface area contributed by atoms with Crippen LogP contribution in [0, 0.1) is 0 Å². The first-order valence-electron chi connectivity index (χ1n) is 53.3. The van der Waals surface area contributed by atoms with Crippen LogP contribution in [0.25, 0.3) is 134 Å². The minimum Gasteiger partial charge on any atom is -0.312 e. The van der Waals surface area contributed by atoms with Crippen molar-refractivity contribution in [1.29, 1.82) is 0 Å². The summed E-state index contributed by atoms with van der Waals surface area (Å²) in [5.74, 6) is 0. The van der Waals surface area contributed by atoms with Gasteiger partial charge in [-0.05, 0) is 488 Å². The molecule has 148 heavy (non-hydrogen) atoms. The van der Waals surface area contributed by atoms with Crippen LogP contribution in [0.2, 0.25) is 0 Å². The zero-order valence-corrected chi connectivity index (χ0v) is 94.9. The maximum Gasteiger partial charge on any atom is 0.0159 e. The first-order chi connectivity index (χ1) is 70.4. The van der Waals surface area contributed by atoms with E-state index in [4.69, 9.17) is 0 Å². The summed E-state index contributed by atoms with van der Waals surface area (Å²) in [4.78, 5) is 16.0. The van der Waals surface area contributed by atoms with E-state index < -0.39 is 0 Å². The molecule has 8 heteroatoms. The molecule has 0 bridgehead atoms. The first kappa shape index (κ1) is 107. The van der Waals surface area contributed by atoms with E-state index in [0.717, 1.165) is 51.4 Å². The van der Waals surface area contributed by atoms with Crippen molar-refractivity contribution in [2.24, 2.45) is 0 Å². The lowest BCUT2D eigenvalue weighted by molar-refractivity contribution is 0.505. The van der Waals surface area contributed by atoms with Gasteiger partial charge in [-0.2, -0.15) is 0 Å². The Morgan fingerprint density at radius 1 is 0.122 bits per heavy atom. The minimum atomic E-state index is 0.0315. The van der Waals surface area contributed by atoms with E-state index in [9.17, 15) is 0 Å². The largest absolute Gasteiger partial charge is 0.312 e. The van der Waals surface area contributed by atoms with Crippen LogP contribution in [0.15, 0.2) is 291 Å². The molecule has 0 aliphatic heterocycles. The molecule has 12 aliphatic rings. The third kappa shape index (κ3) is 20.2. The van der Waals surface area contributed by atoms with Gasteiger partial charge in [0, 0.05) is 21.7 Å². The van der Waals surface area contributed by atoms with Gasteiger partial charge in [-0.1, -0.05) is 347 Å². The van der Waals surface area contributed by atoms with E-state index in [-0.39, 0.29) is 21.7 Å². The van der Waals surface area contributed by atoms with E-state index in [0.29, 0.717) is 0 Å². The topological polar surface area (TPSA) is 25.9 Å². The second kappa shape index (κ2) is 43.0. The van der Waals surface area contributed by atoms with Gasteiger partial charge in [0.05, 0.1) is 0 Å². The maximum absolute atomic E-state index is 2.41. The first-order valence-corrected chi connectivity index (χ1v) is 53.3. The SMILES string of the molecule is CC1(C)c2ccc3c(c2-c2c1ccc1c2-c2ccccc2C1)-c1ccccc1C3.CC1(C)c2ccc3c(c2-c2c1ccc1c2-c2ccccc2C1)-c1ccccc1C3.CC1(C)c2ccc3c(c2-c2c1ccc1c2Cc2ccccc2-1)Cc1ccccc1-3.CC1(C)c2ccc3c(c2-c2c1ccc1c2Cc2ccccc2-1)Cc1ccccc1-3.CN(C)C.CN(C)C.CN(C)C.CN(C)C.CN(C)C.CN(C)C.CN(C)C.CN(C)C. The normalized spacial score (nSPS) is 14.4. The summed E-state index contributed by atoms with van der Waals surface area (Å²) < 4.78 is 0. The van der Waals surface area contributed by atoms with Gasteiger partial charge in [-0.15, -0.1) is 0 Å². The van der Waals surface area contributed by atoms with E-state index in [1.165, 1.54) is 245 Å². The average molecular weight is 1950 g/mol. The van der Waals surface area contributed by atoms with E-state index in [2.05, 4.69) is 347 Å². The van der Waals surface area contributed by atoms with E-state index in [1.807, 2.05) is 208 Å². The Balaban J connectivity index is 0.000000122. The van der Waals surface area contributed by atoms with Crippen molar-refractivity contribution in [3.8, 4) is 134 Å². The van der Waals surface area contributed by atoms with Crippen molar-refractivity contribution >= 4 is 0 Å². The van der Waals surface area contributed by atoms with Gasteiger partial charge in [-0.3, -0.25) is 0 Å². The molecule has 0 N–H and O–H groups in total. The summed E-state index contributed by atoms with van der Waals surface area (Å²) in [5.41, 5.74) is 71.3. The van der Waals surface area contributed by atoms with Crippen molar-refractivity contribution in [2.75, 3.05) is 169 Å². The van der Waals surface area contributed by atoms with Crippen molar-refractivity contribution < 1.29 is 0 Å². The summed E-state index contributed by atoms with van der Waals surface area (Å²) in [6.07, 6.45) is 8.45. The second-order valence-electron chi connectivity index (χ2n) is 48.1. The Bertz CT molecular complexity index is 6760. The van der Waals surface area contributed by atoms with Crippen molar-refractivity contribution in [3.05, 3.63) is 425 Å². The van der Waals surface area contributed by atoms with Crippen LogP contribution < -0.4 is 0 Å². The van der Waals surface area contributed by atoms with Crippen molar-refractivity contribution in [1.82, 2.24) is 39.2 Å². The Morgan fingerprint density at radius 3 is 0.412 bits per heavy atom. The van der Waals surface area contributed by atoms with Gasteiger partial charge in [0.15, 0.2) is 0 Å². The minimum absolute atomic E-state index is 0.0315. The van der Waals surface area contributed by atoms with Crippen LogP contribution >= 0.6 is 0 Å². The number of fused-ring (bicyclic) bond motifs is 44. The standard InChI is InChI=1S/4C29H22.8C3H9N/c2*1-29(2)23-13-11-19-15-17-7-3-5-9-21(17)25(19)27(23)28-24(29)14-12-20-16-18-8-4-6-10-22(18)26(20)28;2*1-29(2)25-13-11-21-19-9-5-3-7-17(19)15-23(21)27(25)28-24-16-18-8-4-6-10-20(18)22(24)12-14-26(28)29;8*1-4(2)3/h4*3-14H,15-16H2,1-2H3;8*1-3H3. The molecule has 0 unspecified atom stereocenters. The maximum atomic E-state index is 2.41. The Kier molecular flexibility index (Phi) is 31.0. The molecule has 760 valence electrons. The molecule has 16 aromatic carbocycles. The van der Waals surface area contributed by atoms with E-state index in [1.54, 1.807) is 22.3 Å². The lowest BCUT2D eigenvalue weighted by Crippen LogP contribution is -2.15. The summed E-state index contributed by atoms with van der Waals surface area (Å²) in [6.45, 7) is 19.2. The molecule has 0 amide bonds. The third-order valence-electron chi connectivity index (χ3n) is 30.2. The molecule has 12 aliphatic carbocycles. The smallest absolute Gasteiger partial charge is 0.0159 e. The van der Waals surface area contributed by atoms with Crippen LogP contribution in [0.3, 0.4) is 0 Å². The van der Waals surface area contributed by atoms with Gasteiger partial charge in [0.2, 0.25) is 0 Å². The van der Waals surface area contributed by atoms with Gasteiger partial charge in [-0.25, -0.2) is 0 Å². The molecule has 0 aromatic heterocycles. The average Bonchev–Trinajstić information content (AvgIpc) is 1.54. The quantitative estimate of drug-likeness (QED) is 0.148. The van der Waals surface area contributed by atoms with Gasteiger partial charge in [0.1, 0.15) is 0 Å². The molecule has 0 fully saturated rings. The Hall–Kier alpha value is -12.8. The van der Waals surface area contributed by atoms with Gasteiger partial charge >= 0.3 is 0 Å². The van der Waals surface area contributed by atoms with E-state index >= 15 is 0 Å². The predicted octanol–water partition coefficient (Wildman–Crippen LogP) is 30.0. The van der Waals surface area contributed by atoms with Crippen molar-refractivity contribution in [3.63, 3.8) is 0 Å².